The molecule has 0 spiro atoms. The highest BCUT2D eigenvalue weighted by atomic mass is 16.6. The van der Waals surface area contributed by atoms with Gasteiger partial charge in [-0.2, -0.15) is 0 Å². The third kappa shape index (κ3) is 5.90. The van der Waals surface area contributed by atoms with Crippen molar-refractivity contribution in [2.45, 2.75) is 135 Å². The molecule has 3 aliphatic carbocycles. The van der Waals surface area contributed by atoms with Gasteiger partial charge in [0.05, 0.1) is 36.4 Å². The van der Waals surface area contributed by atoms with Crippen molar-refractivity contribution in [3.63, 3.8) is 0 Å². The highest BCUT2D eigenvalue weighted by molar-refractivity contribution is 5.93. The second-order valence-corrected chi connectivity index (χ2v) is 14.7. The molecular weight excluding hydrogens is 618 g/mol. The van der Waals surface area contributed by atoms with Gasteiger partial charge in [0.2, 0.25) is 0 Å². The first kappa shape index (κ1) is 36.9. The number of ether oxygens (including phenoxy) is 4. The van der Waals surface area contributed by atoms with Crippen LogP contribution in [0, 0.1) is 16.7 Å². The first-order valence-electron chi connectivity index (χ1n) is 15.9. The minimum atomic E-state index is -2.22. The van der Waals surface area contributed by atoms with E-state index in [0.29, 0.717) is 5.57 Å². The zero-order valence-electron chi connectivity index (χ0n) is 28.4. The van der Waals surface area contributed by atoms with Crippen molar-refractivity contribution < 1.29 is 63.7 Å². The molecule has 4 aliphatic rings. The second-order valence-electron chi connectivity index (χ2n) is 14.7. The summed E-state index contributed by atoms with van der Waals surface area (Å²) in [6.07, 6.45) is -9.84. The van der Waals surface area contributed by atoms with Crippen LogP contribution in [0.1, 0.15) is 75.2 Å². The molecule has 4 rings (SSSR count). The van der Waals surface area contributed by atoms with E-state index in [-0.39, 0.29) is 24.2 Å². The van der Waals surface area contributed by atoms with Gasteiger partial charge >= 0.3 is 18.0 Å². The lowest BCUT2D eigenvalue weighted by molar-refractivity contribution is -0.345. The summed E-state index contributed by atoms with van der Waals surface area (Å²) in [5.74, 6) is -4.38. The molecule has 11 atom stereocenters. The van der Waals surface area contributed by atoms with Crippen molar-refractivity contribution >= 4 is 23.8 Å². The third-order valence-electron chi connectivity index (χ3n) is 10.6. The largest absolute Gasteiger partial charge is 0.459 e. The molecule has 0 unspecified atom stereocenters. The maximum absolute atomic E-state index is 14.3. The summed E-state index contributed by atoms with van der Waals surface area (Å²) >= 11 is 0. The number of amides is 1. The molecule has 0 aromatic rings. The smallest absolute Gasteiger partial charge is 0.407 e. The van der Waals surface area contributed by atoms with Crippen LogP contribution in [0.25, 0.3) is 0 Å². The van der Waals surface area contributed by atoms with Crippen LogP contribution in [0.4, 0.5) is 4.79 Å². The fourth-order valence-electron chi connectivity index (χ4n) is 8.11. The summed E-state index contributed by atoms with van der Waals surface area (Å²) in [4.78, 5) is 52.8. The van der Waals surface area contributed by atoms with Gasteiger partial charge in [0, 0.05) is 31.1 Å². The number of fused-ring (bicyclic) bond motifs is 5. The van der Waals surface area contributed by atoms with Crippen LogP contribution in [0.15, 0.2) is 22.8 Å². The molecule has 14 nitrogen and oxygen atoms in total. The van der Waals surface area contributed by atoms with Crippen LogP contribution in [0.2, 0.25) is 0 Å². The number of Topliss-reactive ketones (excluding diaryl/α,β-unsaturated/α-hetero) is 1. The summed E-state index contributed by atoms with van der Waals surface area (Å²) in [6.45, 7) is 13.4. The fourth-order valence-corrected chi connectivity index (χ4v) is 8.11. The number of hydrogen-bond donors (Lipinski definition) is 6. The van der Waals surface area contributed by atoms with Crippen LogP contribution in [0.3, 0.4) is 0 Å². The van der Waals surface area contributed by atoms with Gasteiger partial charge in [0.1, 0.15) is 29.5 Å². The Bertz CT molecular complexity index is 1370. The molecular formula is C33H49NO13. The van der Waals surface area contributed by atoms with E-state index in [4.69, 9.17) is 18.9 Å². The molecule has 2 saturated carbocycles. The quantitative estimate of drug-likeness (QED) is 0.125. The van der Waals surface area contributed by atoms with Gasteiger partial charge in [-0.05, 0) is 52.7 Å². The van der Waals surface area contributed by atoms with E-state index in [1.165, 1.54) is 19.9 Å². The minimum Gasteiger partial charge on any atom is -0.459 e. The van der Waals surface area contributed by atoms with Gasteiger partial charge in [-0.15, -0.1) is 0 Å². The molecule has 0 radical (unpaired) electrons. The molecule has 0 aromatic carbocycles. The molecule has 1 amide bonds. The van der Waals surface area contributed by atoms with E-state index >= 15 is 0 Å². The number of carbonyl (C=O) groups is 4. The van der Waals surface area contributed by atoms with Gasteiger partial charge in [-0.25, -0.2) is 9.59 Å². The van der Waals surface area contributed by atoms with E-state index in [9.17, 15) is 44.7 Å². The maximum Gasteiger partial charge on any atom is 0.407 e. The van der Waals surface area contributed by atoms with E-state index in [0.717, 1.165) is 6.92 Å². The van der Waals surface area contributed by atoms with Crippen molar-refractivity contribution in [3.05, 3.63) is 22.8 Å². The number of aliphatic hydroxyl groups excluding tert-OH is 3. The van der Waals surface area contributed by atoms with Crippen LogP contribution < -0.4 is 5.32 Å². The first-order valence-corrected chi connectivity index (χ1v) is 15.9. The second kappa shape index (κ2) is 12.5. The lowest BCUT2D eigenvalue weighted by atomic mass is 9.45. The fraction of sp³-hybridized carbons (Fsp3) is 0.758. The van der Waals surface area contributed by atoms with Crippen molar-refractivity contribution in [2.75, 3.05) is 6.61 Å². The van der Waals surface area contributed by atoms with Crippen LogP contribution in [0.5, 0.6) is 0 Å². The minimum absolute atomic E-state index is 0.0222. The van der Waals surface area contributed by atoms with Crippen LogP contribution >= 0.6 is 0 Å². The van der Waals surface area contributed by atoms with E-state index in [2.05, 4.69) is 5.32 Å². The predicted octanol–water partition coefficient (Wildman–Crippen LogP) is 0.598. The Hall–Kier alpha value is -2.88. The van der Waals surface area contributed by atoms with Crippen molar-refractivity contribution in [2.24, 2.45) is 16.7 Å². The number of rotatable bonds is 7. The zero-order chi connectivity index (χ0) is 35.6. The molecule has 1 aliphatic heterocycles. The number of aliphatic hydroxyl groups is 5. The van der Waals surface area contributed by atoms with Crippen LogP contribution in [-0.4, -0.2) is 116 Å². The van der Waals surface area contributed by atoms with Gasteiger partial charge in [0.25, 0.3) is 0 Å². The lowest BCUT2D eigenvalue weighted by Gasteiger charge is -2.66. The molecule has 264 valence electrons. The highest BCUT2D eigenvalue weighted by Gasteiger charge is 2.76. The van der Waals surface area contributed by atoms with Crippen LogP contribution in [-0.2, 0) is 33.3 Å². The monoisotopic (exact) mass is 667 g/mol. The molecule has 0 aromatic heterocycles. The molecule has 1 saturated heterocycles. The third-order valence-corrected chi connectivity index (χ3v) is 10.6. The molecule has 14 heteroatoms. The number of hydrogen-bond acceptors (Lipinski definition) is 13. The lowest BCUT2D eigenvalue weighted by Crippen LogP contribution is -2.81. The number of alkyl carbamates (subject to hydrolysis) is 1. The van der Waals surface area contributed by atoms with Crippen molar-refractivity contribution in [1.82, 2.24) is 5.32 Å². The Balaban J connectivity index is 1.83. The van der Waals surface area contributed by atoms with Gasteiger partial charge in [-0.3, -0.25) is 9.59 Å². The van der Waals surface area contributed by atoms with Gasteiger partial charge in [0.15, 0.2) is 11.9 Å². The average Bonchev–Trinajstić information content (AvgIpc) is 2.94. The summed E-state index contributed by atoms with van der Waals surface area (Å²) in [5, 5.41) is 61.4. The van der Waals surface area contributed by atoms with E-state index < -0.39 is 107 Å². The SMILES string of the molecule is CC(=O)O[C@H]1[C@@H]2[C@]3(O)CO[C@@H]3C[C@H](O)[C@@]2(C)C(=O)[C@H](O)C2=C(C)[C@@H](OC(=O)[C@H](O)[C@H](C=C(C)C)NC(=O)OC(C)C)C[C@]1(O)C2(C)C. The standard InChI is InChI=1S/C33H49NO13/c1-14(2)10-18(34-29(41)45-15(3)4)23(37)28(40)47-19-12-33(43)27(46-17(6)35)25-31(9,20(36)11-21-32(25,42)13-44-21)26(39)24(38)22(16(19)5)30(33,7)8/h10,15,18-21,23-25,27,36-38,42-43H,11-13H2,1-9H3,(H,34,41)/t18-,19-,20-,21+,23+,24+,25-,27-,31+,32-,33+/m0/s1. The topological polar surface area (TPSA) is 218 Å². The Labute approximate surface area is 274 Å². The maximum atomic E-state index is 14.3. The Morgan fingerprint density at radius 1 is 1.06 bits per heavy atom. The summed E-state index contributed by atoms with van der Waals surface area (Å²) in [7, 11) is 0. The van der Waals surface area contributed by atoms with Crippen molar-refractivity contribution in [1.29, 1.82) is 0 Å². The number of esters is 2. The number of ketones is 1. The molecule has 47 heavy (non-hydrogen) atoms. The number of nitrogens with one attached hydrogen (secondary N) is 1. The highest BCUT2D eigenvalue weighted by Crippen LogP contribution is 2.63. The molecule has 6 N–H and O–H groups in total. The summed E-state index contributed by atoms with van der Waals surface area (Å²) < 4.78 is 22.2. The molecule has 1 heterocycles. The van der Waals surface area contributed by atoms with E-state index in [1.807, 2.05) is 0 Å². The Morgan fingerprint density at radius 3 is 2.19 bits per heavy atom. The van der Waals surface area contributed by atoms with E-state index in [1.54, 1.807) is 41.5 Å². The first-order chi connectivity index (χ1) is 21.5. The number of carbonyl (C=O) groups excluding carboxylic acids is 4. The average molecular weight is 668 g/mol. The van der Waals surface area contributed by atoms with Gasteiger partial charge in [-0.1, -0.05) is 25.5 Å². The van der Waals surface area contributed by atoms with Crippen molar-refractivity contribution in [3.8, 4) is 0 Å². The normalized spacial score (nSPS) is 38.7. The predicted molar refractivity (Wildman–Crippen MR) is 163 cm³/mol. The zero-order valence-corrected chi connectivity index (χ0v) is 28.4. The summed E-state index contributed by atoms with van der Waals surface area (Å²) in [5.41, 5.74) is -6.66. The van der Waals surface area contributed by atoms with Gasteiger partial charge < -0.3 is 49.8 Å². The molecule has 3 fully saturated rings. The summed E-state index contributed by atoms with van der Waals surface area (Å²) in [6, 6.07) is -1.27. The number of allylic oxidation sites excluding steroid dienone is 1. The Kier molecular flexibility index (Phi) is 9.85. The Morgan fingerprint density at radius 2 is 1.68 bits per heavy atom. The molecule has 2 bridgehead atoms.